The Kier molecular flexibility index (Phi) is 2.90. The third-order valence-corrected chi connectivity index (χ3v) is 3.21. The molecule has 0 amide bonds. The summed E-state index contributed by atoms with van der Waals surface area (Å²) in [5.74, 6) is 2.60. The Morgan fingerprint density at radius 3 is 1.87 bits per heavy atom. The molecule has 0 bridgehead atoms. The van der Waals surface area contributed by atoms with Crippen molar-refractivity contribution in [3.05, 3.63) is 35.6 Å². The van der Waals surface area contributed by atoms with Crippen molar-refractivity contribution in [3.8, 4) is 12.3 Å². The predicted octanol–water partition coefficient (Wildman–Crippen LogP) is 3.76. The van der Waals surface area contributed by atoms with Gasteiger partial charge in [0.2, 0.25) is 0 Å². The zero-order chi connectivity index (χ0) is 11.7. The van der Waals surface area contributed by atoms with E-state index in [2.05, 4.69) is 26.7 Å². The summed E-state index contributed by atoms with van der Waals surface area (Å²) >= 11 is 0. The maximum absolute atomic E-state index is 12.8. The Balaban J connectivity index is 3.26. The average molecular weight is 204 g/mol. The van der Waals surface area contributed by atoms with Crippen molar-refractivity contribution in [2.75, 3.05) is 0 Å². The maximum Gasteiger partial charge on any atom is 0.123 e. The van der Waals surface area contributed by atoms with Gasteiger partial charge in [-0.2, -0.15) is 0 Å². The first kappa shape index (κ1) is 11.8. The molecule has 1 aromatic carbocycles. The van der Waals surface area contributed by atoms with Crippen LogP contribution >= 0.6 is 0 Å². The topological polar surface area (TPSA) is 0 Å². The van der Waals surface area contributed by atoms with Gasteiger partial charge in [-0.05, 0) is 30.0 Å². The third-order valence-electron chi connectivity index (χ3n) is 3.21. The zero-order valence-electron chi connectivity index (χ0n) is 9.76. The number of terminal acetylenes is 1. The monoisotopic (exact) mass is 204 g/mol. The summed E-state index contributed by atoms with van der Waals surface area (Å²) in [5.41, 5.74) is 0.555. The van der Waals surface area contributed by atoms with Gasteiger partial charge in [0.05, 0.1) is 5.41 Å². The molecule has 0 N–H and O–H groups in total. The Morgan fingerprint density at radius 2 is 1.53 bits per heavy atom. The minimum atomic E-state index is -0.374. The van der Waals surface area contributed by atoms with Crippen molar-refractivity contribution < 1.29 is 4.39 Å². The molecule has 0 aliphatic carbocycles. The molecular weight excluding hydrogens is 187 g/mol. The molecule has 0 aliphatic rings. The molecule has 1 heteroatoms. The lowest BCUT2D eigenvalue weighted by Gasteiger charge is -2.38. The first-order valence-corrected chi connectivity index (χ1v) is 5.05. The normalized spacial score (nSPS) is 15.5. The highest BCUT2D eigenvalue weighted by Crippen LogP contribution is 2.40. The van der Waals surface area contributed by atoms with Crippen LogP contribution in [0.15, 0.2) is 24.3 Å². The summed E-state index contributed by atoms with van der Waals surface area (Å²) in [6.07, 6.45) is 5.62. The molecule has 0 radical (unpaired) electrons. The van der Waals surface area contributed by atoms with E-state index < -0.39 is 0 Å². The van der Waals surface area contributed by atoms with Gasteiger partial charge in [-0.1, -0.05) is 38.8 Å². The number of rotatable bonds is 1. The van der Waals surface area contributed by atoms with Crippen molar-refractivity contribution >= 4 is 0 Å². The van der Waals surface area contributed by atoms with Crippen LogP contribution in [0, 0.1) is 23.6 Å². The molecule has 1 rings (SSSR count). The van der Waals surface area contributed by atoms with E-state index in [-0.39, 0.29) is 16.6 Å². The van der Waals surface area contributed by atoms with Crippen molar-refractivity contribution in [1.82, 2.24) is 0 Å². The summed E-state index contributed by atoms with van der Waals surface area (Å²) in [6, 6.07) is 6.44. The first-order chi connectivity index (χ1) is 6.81. The van der Waals surface area contributed by atoms with Crippen LogP contribution < -0.4 is 0 Å². The van der Waals surface area contributed by atoms with E-state index in [0.29, 0.717) is 0 Å². The van der Waals surface area contributed by atoms with E-state index in [9.17, 15) is 4.39 Å². The third kappa shape index (κ3) is 2.04. The van der Waals surface area contributed by atoms with Crippen LogP contribution in [0.1, 0.15) is 33.3 Å². The van der Waals surface area contributed by atoms with Gasteiger partial charge in [0, 0.05) is 0 Å². The van der Waals surface area contributed by atoms with Gasteiger partial charge in [-0.15, -0.1) is 6.42 Å². The molecule has 80 valence electrons. The van der Waals surface area contributed by atoms with E-state index in [1.54, 1.807) is 12.1 Å². The van der Waals surface area contributed by atoms with Gasteiger partial charge in [0.15, 0.2) is 0 Å². The number of hydrogen-bond donors (Lipinski definition) is 0. The zero-order valence-corrected chi connectivity index (χ0v) is 9.76. The Bertz CT molecular complexity index is 375. The van der Waals surface area contributed by atoms with Crippen molar-refractivity contribution in [2.24, 2.45) is 5.41 Å². The van der Waals surface area contributed by atoms with Gasteiger partial charge in [-0.25, -0.2) is 4.39 Å². The van der Waals surface area contributed by atoms with E-state index in [4.69, 9.17) is 6.42 Å². The lowest BCUT2D eigenvalue weighted by Crippen LogP contribution is -2.35. The summed E-state index contributed by atoms with van der Waals surface area (Å²) in [5, 5.41) is 0. The van der Waals surface area contributed by atoms with Crippen LogP contribution in [0.2, 0.25) is 0 Å². The van der Waals surface area contributed by atoms with Crippen LogP contribution in [-0.2, 0) is 5.41 Å². The second-order valence-electron chi connectivity index (χ2n) is 5.03. The number of halogens is 1. The summed E-state index contributed by atoms with van der Waals surface area (Å²) in [4.78, 5) is 0. The van der Waals surface area contributed by atoms with E-state index in [1.807, 2.05) is 6.92 Å². The minimum absolute atomic E-state index is 0.0560. The minimum Gasteiger partial charge on any atom is -0.207 e. The summed E-state index contributed by atoms with van der Waals surface area (Å²) < 4.78 is 12.8. The largest absolute Gasteiger partial charge is 0.207 e. The standard InChI is InChI=1S/C14H17F/c1-6-14(5,13(2,3)4)11-7-9-12(15)10-8-11/h1,7-10H,2-5H3/t14-/m1/s1. The Morgan fingerprint density at radius 1 is 1.07 bits per heavy atom. The molecule has 0 unspecified atom stereocenters. The molecule has 0 spiro atoms. The maximum atomic E-state index is 12.8. The molecule has 0 saturated carbocycles. The molecule has 1 atom stereocenters. The fourth-order valence-corrected chi connectivity index (χ4v) is 1.52. The Hall–Kier alpha value is -1.29. The fraction of sp³-hybridized carbons (Fsp3) is 0.429. The number of benzene rings is 1. The second-order valence-corrected chi connectivity index (χ2v) is 5.03. The molecule has 0 nitrogen and oxygen atoms in total. The Labute approximate surface area is 91.5 Å². The average Bonchev–Trinajstić information content (AvgIpc) is 2.16. The smallest absolute Gasteiger partial charge is 0.123 e. The molecular formula is C14H17F. The van der Waals surface area contributed by atoms with Gasteiger partial charge >= 0.3 is 0 Å². The SMILES string of the molecule is C#C[C@](C)(c1ccc(F)cc1)C(C)(C)C. The van der Waals surface area contributed by atoms with Crippen LogP contribution in [0.4, 0.5) is 4.39 Å². The highest BCUT2D eigenvalue weighted by atomic mass is 19.1. The fourth-order valence-electron chi connectivity index (χ4n) is 1.52. The highest BCUT2D eigenvalue weighted by Gasteiger charge is 2.37. The van der Waals surface area contributed by atoms with Crippen LogP contribution in [0.5, 0.6) is 0 Å². The number of hydrogen-bond acceptors (Lipinski definition) is 0. The van der Waals surface area contributed by atoms with Crippen molar-refractivity contribution in [1.29, 1.82) is 0 Å². The summed E-state index contributed by atoms with van der Waals surface area (Å²) in [7, 11) is 0. The van der Waals surface area contributed by atoms with Crippen molar-refractivity contribution in [2.45, 2.75) is 33.1 Å². The molecule has 15 heavy (non-hydrogen) atoms. The molecule has 0 aromatic heterocycles. The molecule has 0 fully saturated rings. The molecule has 0 aliphatic heterocycles. The van der Waals surface area contributed by atoms with Crippen LogP contribution in [0.3, 0.4) is 0 Å². The highest BCUT2D eigenvalue weighted by molar-refractivity contribution is 5.35. The first-order valence-electron chi connectivity index (χ1n) is 5.05. The predicted molar refractivity (Wildman–Crippen MR) is 62.0 cm³/mol. The lowest BCUT2D eigenvalue weighted by atomic mass is 9.64. The van der Waals surface area contributed by atoms with E-state index in [1.165, 1.54) is 12.1 Å². The molecule has 1 aromatic rings. The van der Waals surface area contributed by atoms with Gasteiger partial charge < -0.3 is 0 Å². The van der Waals surface area contributed by atoms with Crippen molar-refractivity contribution in [3.63, 3.8) is 0 Å². The van der Waals surface area contributed by atoms with Gasteiger partial charge in [-0.3, -0.25) is 0 Å². The van der Waals surface area contributed by atoms with E-state index in [0.717, 1.165) is 5.56 Å². The second kappa shape index (κ2) is 3.70. The molecule has 0 saturated heterocycles. The van der Waals surface area contributed by atoms with Crippen LogP contribution in [0.25, 0.3) is 0 Å². The van der Waals surface area contributed by atoms with Gasteiger partial charge in [0.1, 0.15) is 5.82 Å². The summed E-state index contributed by atoms with van der Waals surface area (Å²) in [6.45, 7) is 8.29. The van der Waals surface area contributed by atoms with Gasteiger partial charge in [0.25, 0.3) is 0 Å². The molecule has 0 heterocycles. The lowest BCUT2D eigenvalue weighted by molar-refractivity contribution is 0.269. The quantitative estimate of drug-likeness (QED) is 0.611. The van der Waals surface area contributed by atoms with Crippen LogP contribution in [-0.4, -0.2) is 0 Å². The van der Waals surface area contributed by atoms with E-state index >= 15 is 0 Å².